The molecule has 1 fully saturated rings. The van der Waals surface area contributed by atoms with Crippen LogP contribution >= 0.6 is 0 Å². The molecular weight excluding hydrogens is 330 g/mol. The molecule has 1 amide bonds. The van der Waals surface area contributed by atoms with Crippen LogP contribution in [-0.2, 0) is 0 Å². The highest BCUT2D eigenvalue weighted by molar-refractivity contribution is 5.95. The number of methoxy groups -OCH3 is 2. The molecule has 1 aliphatic rings. The Hall–Kier alpha value is -2.76. The molecule has 1 aliphatic heterocycles. The number of carbonyl (C=O) groups excluding carboxylic acids is 1. The first-order valence-corrected chi connectivity index (χ1v) is 8.84. The van der Waals surface area contributed by atoms with Crippen LogP contribution in [0.5, 0.6) is 11.5 Å². The molecule has 0 aliphatic carbocycles. The van der Waals surface area contributed by atoms with E-state index in [4.69, 9.17) is 9.47 Å². The van der Waals surface area contributed by atoms with Gasteiger partial charge in [-0.05, 0) is 37.0 Å². The maximum absolute atomic E-state index is 12.8. The Labute approximate surface area is 154 Å². The van der Waals surface area contributed by atoms with Crippen LogP contribution in [0.1, 0.15) is 30.1 Å². The summed E-state index contributed by atoms with van der Waals surface area (Å²) in [6.45, 7) is 3.81. The highest BCUT2D eigenvalue weighted by Gasteiger charge is 2.22. The Balaban J connectivity index is 1.76. The second kappa shape index (κ2) is 8.08. The number of aromatic nitrogens is 1. The molecule has 6 nitrogen and oxygen atoms in total. The number of pyridine rings is 1. The van der Waals surface area contributed by atoms with E-state index in [9.17, 15) is 4.79 Å². The third kappa shape index (κ3) is 4.07. The van der Waals surface area contributed by atoms with Gasteiger partial charge in [-0.25, -0.2) is 0 Å². The standard InChI is InChI=1S/C20H25N3O3/c1-14-5-4-8-23(13-14)20(24)15-9-17(12-21-11-15)22-16-6-7-18(25-2)19(10-16)26-3/h6-7,9-12,14,22H,4-5,8,13H2,1-3H3. The first-order valence-electron chi connectivity index (χ1n) is 8.84. The topological polar surface area (TPSA) is 63.7 Å². The number of hydrogen-bond donors (Lipinski definition) is 1. The predicted molar refractivity (Wildman–Crippen MR) is 101 cm³/mol. The molecule has 0 saturated carbocycles. The minimum atomic E-state index is 0.0417. The number of nitrogens with zero attached hydrogens (tertiary/aromatic N) is 2. The Bertz CT molecular complexity index is 779. The third-order valence-electron chi connectivity index (χ3n) is 4.60. The van der Waals surface area contributed by atoms with E-state index in [-0.39, 0.29) is 5.91 Å². The fraction of sp³-hybridized carbons (Fsp3) is 0.400. The largest absolute Gasteiger partial charge is 0.493 e. The van der Waals surface area contributed by atoms with E-state index >= 15 is 0 Å². The summed E-state index contributed by atoms with van der Waals surface area (Å²) in [5, 5.41) is 3.27. The number of carbonyl (C=O) groups is 1. The van der Waals surface area contributed by atoms with E-state index in [1.807, 2.05) is 29.2 Å². The lowest BCUT2D eigenvalue weighted by Gasteiger charge is -2.31. The van der Waals surface area contributed by atoms with E-state index in [1.165, 1.54) is 6.42 Å². The summed E-state index contributed by atoms with van der Waals surface area (Å²) in [5.74, 6) is 1.90. The highest BCUT2D eigenvalue weighted by atomic mass is 16.5. The van der Waals surface area contributed by atoms with Crippen LogP contribution in [0.25, 0.3) is 0 Å². The highest BCUT2D eigenvalue weighted by Crippen LogP contribution is 2.31. The van der Waals surface area contributed by atoms with Gasteiger partial charge in [0.1, 0.15) is 0 Å². The fourth-order valence-electron chi connectivity index (χ4n) is 3.26. The molecule has 3 rings (SSSR count). The molecule has 1 aromatic heterocycles. The summed E-state index contributed by atoms with van der Waals surface area (Å²) in [6, 6.07) is 7.41. The zero-order valence-corrected chi connectivity index (χ0v) is 15.5. The van der Waals surface area contributed by atoms with Crippen molar-refractivity contribution in [2.24, 2.45) is 5.92 Å². The second-order valence-electron chi connectivity index (χ2n) is 6.66. The van der Waals surface area contributed by atoms with Gasteiger partial charge in [0.2, 0.25) is 0 Å². The van der Waals surface area contributed by atoms with Gasteiger partial charge in [-0.2, -0.15) is 0 Å². The molecule has 2 aromatic rings. The quantitative estimate of drug-likeness (QED) is 0.886. The van der Waals surface area contributed by atoms with Crippen molar-refractivity contribution in [3.05, 3.63) is 42.2 Å². The maximum atomic E-state index is 12.8. The monoisotopic (exact) mass is 355 g/mol. The van der Waals surface area contributed by atoms with Crippen LogP contribution in [0.15, 0.2) is 36.7 Å². The first-order chi connectivity index (χ1) is 12.6. The van der Waals surface area contributed by atoms with E-state index in [0.29, 0.717) is 23.0 Å². The molecule has 0 spiro atoms. The van der Waals surface area contributed by atoms with E-state index in [0.717, 1.165) is 30.9 Å². The van der Waals surface area contributed by atoms with Gasteiger partial charge in [0.25, 0.3) is 5.91 Å². The normalized spacial score (nSPS) is 16.9. The van der Waals surface area contributed by atoms with Crippen molar-refractivity contribution in [1.82, 2.24) is 9.88 Å². The van der Waals surface area contributed by atoms with Crippen LogP contribution in [-0.4, -0.2) is 43.1 Å². The molecule has 6 heteroatoms. The number of ether oxygens (including phenoxy) is 2. The number of hydrogen-bond acceptors (Lipinski definition) is 5. The van der Waals surface area contributed by atoms with Gasteiger partial charge in [0.05, 0.1) is 31.7 Å². The lowest BCUT2D eigenvalue weighted by atomic mass is 10.00. The van der Waals surface area contributed by atoms with Crippen molar-refractivity contribution in [3.63, 3.8) is 0 Å². The Morgan fingerprint density at radius 3 is 2.69 bits per heavy atom. The molecule has 138 valence electrons. The van der Waals surface area contributed by atoms with Gasteiger partial charge in [-0.15, -0.1) is 0 Å². The SMILES string of the molecule is COc1ccc(Nc2cncc(C(=O)N3CCCC(C)C3)c2)cc1OC. The zero-order valence-electron chi connectivity index (χ0n) is 15.5. The van der Waals surface area contributed by atoms with Gasteiger partial charge < -0.3 is 19.7 Å². The molecule has 2 heterocycles. The number of amides is 1. The number of anilines is 2. The minimum absolute atomic E-state index is 0.0417. The third-order valence-corrected chi connectivity index (χ3v) is 4.60. The first kappa shape index (κ1) is 18.0. The molecule has 1 saturated heterocycles. The molecule has 26 heavy (non-hydrogen) atoms. The predicted octanol–water partition coefficient (Wildman–Crippen LogP) is 3.71. The minimum Gasteiger partial charge on any atom is -0.493 e. The summed E-state index contributed by atoms with van der Waals surface area (Å²) in [6.07, 6.45) is 5.57. The van der Waals surface area contributed by atoms with Gasteiger partial charge in [0.15, 0.2) is 11.5 Å². The number of piperidine rings is 1. The second-order valence-corrected chi connectivity index (χ2v) is 6.66. The van der Waals surface area contributed by atoms with Crippen molar-refractivity contribution in [1.29, 1.82) is 0 Å². The average Bonchev–Trinajstić information content (AvgIpc) is 2.67. The Morgan fingerprint density at radius 2 is 1.96 bits per heavy atom. The Morgan fingerprint density at radius 1 is 1.15 bits per heavy atom. The average molecular weight is 355 g/mol. The summed E-state index contributed by atoms with van der Waals surface area (Å²) in [7, 11) is 3.20. The van der Waals surface area contributed by atoms with Gasteiger partial charge in [0, 0.05) is 31.0 Å². The zero-order chi connectivity index (χ0) is 18.5. The summed E-state index contributed by atoms with van der Waals surface area (Å²) in [4.78, 5) is 18.9. The van der Waals surface area contributed by atoms with E-state index < -0.39 is 0 Å². The molecule has 1 unspecified atom stereocenters. The van der Waals surface area contributed by atoms with Gasteiger partial charge in [-0.3, -0.25) is 9.78 Å². The van der Waals surface area contributed by atoms with Crippen molar-refractivity contribution in [2.75, 3.05) is 32.6 Å². The molecule has 1 N–H and O–H groups in total. The van der Waals surface area contributed by atoms with Crippen molar-refractivity contribution in [2.45, 2.75) is 19.8 Å². The number of rotatable bonds is 5. The molecular formula is C20H25N3O3. The lowest BCUT2D eigenvalue weighted by Crippen LogP contribution is -2.39. The smallest absolute Gasteiger partial charge is 0.255 e. The summed E-state index contributed by atoms with van der Waals surface area (Å²) >= 11 is 0. The fourth-order valence-corrected chi connectivity index (χ4v) is 3.26. The van der Waals surface area contributed by atoms with E-state index in [2.05, 4.69) is 17.2 Å². The van der Waals surface area contributed by atoms with Crippen LogP contribution in [0.2, 0.25) is 0 Å². The molecule has 1 atom stereocenters. The number of nitrogens with one attached hydrogen (secondary N) is 1. The number of benzene rings is 1. The maximum Gasteiger partial charge on any atom is 0.255 e. The summed E-state index contributed by atoms with van der Waals surface area (Å²) in [5.41, 5.74) is 2.19. The Kier molecular flexibility index (Phi) is 5.61. The van der Waals surface area contributed by atoms with Crippen LogP contribution < -0.4 is 14.8 Å². The lowest BCUT2D eigenvalue weighted by molar-refractivity contribution is 0.0682. The van der Waals surface area contributed by atoms with Crippen molar-refractivity contribution < 1.29 is 14.3 Å². The van der Waals surface area contributed by atoms with Crippen molar-refractivity contribution >= 4 is 17.3 Å². The van der Waals surface area contributed by atoms with Crippen LogP contribution in [0.3, 0.4) is 0 Å². The van der Waals surface area contributed by atoms with Crippen LogP contribution in [0, 0.1) is 5.92 Å². The molecule has 0 radical (unpaired) electrons. The van der Waals surface area contributed by atoms with Crippen LogP contribution in [0.4, 0.5) is 11.4 Å². The summed E-state index contributed by atoms with van der Waals surface area (Å²) < 4.78 is 10.6. The van der Waals surface area contributed by atoms with Gasteiger partial charge >= 0.3 is 0 Å². The molecule has 0 bridgehead atoms. The van der Waals surface area contributed by atoms with E-state index in [1.54, 1.807) is 26.6 Å². The van der Waals surface area contributed by atoms with Gasteiger partial charge in [-0.1, -0.05) is 6.92 Å². The molecule has 1 aromatic carbocycles. The van der Waals surface area contributed by atoms with Crippen molar-refractivity contribution in [3.8, 4) is 11.5 Å². The number of likely N-dealkylation sites (tertiary alicyclic amines) is 1.